The van der Waals surface area contributed by atoms with Gasteiger partial charge in [0.1, 0.15) is 6.04 Å². The molecule has 2 amide bonds. The van der Waals surface area contributed by atoms with Crippen molar-refractivity contribution in [3.8, 4) is 0 Å². The number of hydrogen-bond acceptors (Lipinski definition) is 2. The smallest absolute Gasteiger partial charge is 0.264 e. The first-order chi connectivity index (χ1) is 9.47. The fourth-order valence-corrected chi connectivity index (χ4v) is 2.21. The third-order valence-corrected chi connectivity index (χ3v) is 3.13. The van der Waals surface area contributed by atoms with E-state index in [-0.39, 0.29) is 17.7 Å². The van der Waals surface area contributed by atoms with Gasteiger partial charge in [-0.1, -0.05) is 44.2 Å². The van der Waals surface area contributed by atoms with Crippen LogP contribution < -0.4 is 5.32 Å². The van der Waals surface area contributed by atoms with Gasteiger partial charge in [0.25, 0.3) is 5.91 Å². The van der Waals surface area contributed by atoms with Crippen LogP contribution in [0.25, 0.3) is 0 Å². The molecule has 1 atom stereocenters. The molecular weight excluding hydrogens is 252 g/mol. The second-order valence-corrected chi connectivity index (χ2v) is 5.13. The topological polar surface area (TPSA) is 51.5 Å². The summed E-state index contributed by atoms with van der Waals surface area (Å²) in [6.45, 7) is 8.08. The average molecular weight is 275 g/mol. The summed E-state index contributed by atoms with van der Waals surface area (Å²) in [5.74, 6) is -0.286. The van der Waals surface area contributed by atoms with Crippen molar-refractivity contribution in [2.75, 3.05) is 6.54 Å². The molecule has 0 saturated heterocycles. The Kier molecular flexibility index (Phi) is 6.22. The molecule has 1 aromatic rings. The number of likely N-dealkylation sites (N-methyl/N-ethyl adjacent to an activating group) is 1. The highest BCUT2D eigenvalue weighted by molar-refractivity contribution is 5.86. The van der Waals surface area contributed by atoms with Crippen molar-refractivity contribution >= 4 is 11.8 Å². The molecule has 1 aromatic carbocycles. The summed E-state index contributed by atoms with van der Waals surface area (Å²) in [7, 11) is 0. The number of benzene rings is 1. The van der Waals surface area contributed by atoms with E-state index < -0.39 is 6.04 Å². The molecule has 0 spiro atoms. The monoisotopic (exact) mass is 275 g/mol. The lowest BCUT2D eigenvalue weighted by molar-refractivity contribution is -0.141. The largest absolute Gasteiger partial charge is 0.326 e. The highest BCUT2D eigenvalue weighted by Crippen LogP contribution is 2.16. The molecule has 0 saturated carbocycles. The minimum atomic E-state index is -0.493. The van der Waals surface area contributed by atoms with Crippen molar-refractivity contribution in [3.63, 3.8) is 0 Å². The zero-order valence-corrected chi connectivity index (χ0v) is 12.7. The van der Waals surface area contributed by atoms with Crippen LogP contribution in [0.5, 0.6) is 0 Å². The van der Waals surface area contributed by atoms with Crippen molar-refractivity contribution in [1.29, 1.82) is 0 Å². The van der Waals surface area contributed by atoms with Crippen molar-refractivity contribution in [2.24, 2.45) is 5.92 Å². The van der Waals surface area contributed by atoms with Gasteiger partial charge in [0.2, 0.25) is 5.91 Å². The minimum Gasteiger partial charge on any atom is -0.326 e. The number of rotatable bonds is 6. The number of amides is 2. The molecule has 4 heteroatoms. The molecule has 20 heavy (non-hydrogen) atoms. The Morgan fingerprint density at radius 1 is 1.20 bits per heavy atom. The Balaban J connectivity index is 2.97. The molecule has 1 rings (SSSR count). The second kappa shape index (κ2) is 7.68. The highest BCUT2D eigenvalue weighted by Gasteiger charge is 2.31. The Bertz CT molecular complexity index is 443. The minimum absolute atomic E-state index is 0.0328. The van der Waals surface area contributed by atoms with Crippen molar-refractivity contribution in [1.82, 2.24) is 10.2 Å². The quantitative estimate of drug-likeness (QED) is 0.799. The molecule has 4 nitrogen and oxygen atoms in total. The predicted octanol–water partition coefficient (Wildman–Crippen LogP) is 2.21. The van der Waals surface area contributed by atoms with E-state index in [1.807, 2.05) is 51.1 Å². The van der Waals surface area contributed by atoms with Crippen LogP contribution in [0, 0.1) is 5.92 Å². The van der Waals surface area contributed by atoms with E-state index in [0.717, 1.165) is 5.56 Å². The lowest BCUT2D eigenvalue weighted by atomic mass is 10.0. The van der Waals surface area contributed by atoms with Gasteiger partial charge in [0.15, 0.2) is 0 Å². The van der Waals surface area contributed by atoms with Gasteiger partial charge in [-0.05, 0) is 18.4 Å². The maximum absolute atomic E-state index is 12.2. The fourth-order valence-electron chi connectivity index (χ4n) is 2.21. The molecule has 0 fully saturated rings. The number of carbonyl (C=O) groups excluding carboxylic acids is 2. The summed E-state index contributed by atoms with van der Waals surface area (Å²) in [5, 5.41) is 3.96. The average Bonchev–Trinajstić information content (AvgIpc) is 2.39. The van der Waals surface area contributed by atoms with E-state index in [9.17, 15) is 9.59 Å². The molecule has 1 unspecified atom stereocenters. The SMILES string of the molecule is CC[N]C(=O)C(C(C)C)N(Cc1ccccc1)C(C)=O. The van der Waals surface area contributed by atoms with Crippen LogP contribution in [-0.2, 0) is 16.1 Å². The van der Waals surface area contributed by atoms with Gasteiger partial charge in [-0.15, -0.1) is 0 Å². The highest BCUT2D eigenvalue weighted by atomic mass is 16.2. The maximum Gasteiger partial charge on any atom is 0.264 e. The van der Waals surface area contributed by atoms with Gasteiger partial charge in [0, 0.05) is 20.0 Å². The lowest BCUT2D eigenvalue weighted by Crippen LogP contribution is -2.49. The van der Waals surface area contributed by atoms with E-state index in [1.54, 1.807) is 4.90 Å². The summed E-state index contributed by atoms with van der Waals surface area (Å²) in [4.78, 5) is 25.7. The molecular formula is C16H23N2O2. The first kappa shape index (κ1) is 16.2. The summed E-state index contributed by atoms with van der Waals surface area (Å²) in [5.41, 5.74) is 1.01. The van der Waals surface area contributed by atoms with Crippen LogP contribution in [0.15, 0.2) is 30.3 Å². The molecule has 0 N–H and O–H groups in total. The Morgan fingerprint density at radius 2 is 1.80 bits per heavy atom. The van der Waals surface area contributed by atoms with E-state index in [2.05, 4.69) is 5.32 Å². The van der Waals surface area contributed by atoms with Gasteiger partial charge in [0.05, 0.1) is 0 Å². The summed E-state index contributed by atoms with van der Waals surface area (Å²) in [6.07, 6.45) is 0. The van der Waals surface area contributed by atoms with E-state index in [1.165, 1.54) is 6.92 Å². The van der Waals surface area contributed by atoms with Gasteiger partial charge in [-0.3, -0.25) is 9.59 Å². The molecule has 0 aromatic heterocycles. The molecule has 1 radical (unpaired) electrons. The lowest BCUT2D eigenvalue weighted by Gasteiger charge is -2.32. The van der Waals surface area contributed by atoms with Crippen LogP contribution in [-0.4, -0.2) is 29.3 Å². The third-order valence-electron chi connectivity index (χ3n) is 3.13. The Hall–Kier alpha value is -1.84. The number of nitrogens with zero attached hydrogens (tertiary/aromatic N) is 2. The van der Waals surface area contributed by atoms with Crippen LogP contribution in [0.4, 0.5) is 0 Å². The van der Waals surface area contributed by atoms with Crippen LogP contribution >= 0.6 is 0 Å². The van der Waals surface area contributed by atoms with Crippen LogP contribution in [0.2, 0.25) is 0 Å². The molecule has 0 aliphatic carbocycles. The van der Waals surface area contributed by atoms with Gasteiger partial charge >= 0.3 is 0 Å². The van der Waals surface area contributed by atoms with E-state index >= 15 is 0 Å². The Labute approximate surface area is 121 Å². The van der Waals surface area contributed by atoms with Gasteiger partial charge in [-0.2, -0.15) is 0 Å². The van der Waals surface area contributed by atoms with E-state index in [0.29, 0.717) is 13.1 Å². The second-order valence-electron chi connectivity index (χ2n) is 5.13. The van der Waals surface area contributed by atoms with Crippen molar-refractivity contribution in [3.05, 3.63) is 35.9 Å². The predicted molar refractivity (Wildman–Crippen MR) is 79.0 cm³/mol. The summed E-state index contributed by atoms with van der Waals surface area (Å²) in [6, 6.07) is 9.20. The van der Waals surface area contributed by atoms with Crippen molar-refractivity contribution < 1.29 is 9.59 Å². The first-order valence-electron chi connectivity index (χ1n) is 6.99. The molecule has 0 bridgehead atoms. The Morgan fingerprint density at radius 3 is 2.25 bits per heavy atom. The van der Waals surface area contributed by atoms with E-state index in [4.69, 9.17) is 0 Å². The first-order valence-corrected chi connectivity index (χ1v) is 6.99. The summed E-state index contributed by atoms with van der Waals surface area (Å²) < 4.78 is 0. The molecule has 0 heterocycles. The van der Waals surface area contributed by atoms with Crippen LogP contribution in [0.3, 0.4) is 0 Å². The molecule has 109 valence electrons. The van der Waals surface area contributed by atoms with Crippen LogP contribution in [0.1, 0.15) is 33.3 Å². The fraction of sp³-hybridized carbons (Fsp3) is 0.500. The number of hydrogen-bond donors (Lipinski definition) is 0. The standard InChI is InChI=1S/C16H23N2O2/c1-5-17-16(20)15(12(2)3)18(13(4)19)11-14-9-7-6-8-10-14/h6-10,12,15H,5,11H2,1-4H3. The normalized spacial score (nSPS) is 12.1. The maximum atomic E-state index is 12.2. The summed E-state index contributed by atoms with van der Waals surface area (Å²) >= 11 is 0. The molecule has 0 aliphatic heterocycles. The zero-order chi connectivity index (χ0) is 15.1. The third kappa shape index (κ3) is 4.37. The van der Waals surface area contributed by atoms with Crippen molar-refractivity contribution in [2.45, 2.75) is 40.3 Å². The zero-order valence-electron chi connectivity index (χ0n) is 12.7. The van der Waals surface area contributed by atoms with Gasteiger partial charge in [-0.25, -0.2) is 5.32 Å². The number of carbonyl (C=O) groups is 2. The molecule has 0 aliphatic rings. The van der Waals surface area contributed by atoms with Gasteiger partial charge < -0.3 is 4.90 Å².